The minimum atomic E-state index is -0.101. The molecule has 3 nitrogen and oxygen atoms in total. The molecule has 0 unspecified atom stereocenters. The van der Waals surface area contributed by atoms with E-state index in [1.165, 1.54) is 6.33 Å². The topological polar surface area (TPSA) is 45.8 Å². The third-order valence-electron chi connectivity index (χ3n) is 1.32. The second kappa shape index (κ2) is 4.87. The van der Waals surface area contributed by atoms with Crippen molar-refractivity contribution in [2.75, 3.05) is 5.33 Å². The quantitative estimate of drug-likeness (QED) is 0.799. The second-order valence-corrected chi connectivity index (χ2v) is 3.01. The van der Waals surface area contributed by atoms with Gasteiger partial charge < -0.3 is 4.98 Å². The zero-order chi connectivity index (χ0) is 8.81. The third kappa shape index (κ3) is 2.62. The van der Waals surface area contributed by atoms with E-state index in [0.29, 0.717) is 5.56 Å². The van der Waals surface area contributed by atoms with Gasteiger partial charge in [-0.25, -0.2) is 4.98 Å². The molecule has 0 bridgehead atoms. The van der Waals surface area contributed by atoms with Crippen LogP contribution in [0, 0.1) is 0 Å². The van der Waals surface area contributed by atoms with Gasteiger partial charge in [-0.1, -0.05) is 28.1 Å². The van der Waals surface area contributed by atoms with Gasteiger partial charge in [-0.15, -0.1) is 0 Å². The Bertz CT molecular complexity index is 319. The first-order valence-corrected chi connectivity index (χ1v) is 4.72. The maximum atomic E-state index is 11.1. The highest BCUT2D eigenvalue weighted by molar-refractivity contribution is 9.09. The van der Waals surface area contributed by atoms with Crippen LogP contribution < -0.4 is 5.56 Å². The number of rotatable bonds is 3. The molecular weight excluding hydrogens is 220 g/mol. The van der Waals surface area contributed by atoms with Crippen LogP contribution in [0.25, 0.3) is 6.08 Å². The van der Waals surface area contributed by atoms with Crippen molar-refractivity contribution in [1.29, 1.82) is 0 Å². The molecule has 64 valence electrons. The van der Waals surface area contributed by atoms with Crippen molar-refractivity contribution in [3.05, 3.63) is 34.5 Å². The van der Waals surface area contributed by atoms with Crippen molar-refractivity contribution in [1.82, 2.24) is 9.97 Å². The maximum absolute atomic E-state index is 11.1. The zero-order valence-electron chi connectivity index (χ0n) is 6.46. The summed E-state index contributed by atoms with van der Waals surface area (Å²) in [5.74, 6) is 0. The number of nitrogens with zero attached hydrogens (tertiary/aromatic N) is 1. The van der Waals surface area contributed by atoms with Crippen molar-refractivity contribution < 1.29 is 0 Å². The lowest BCUT2D eigenvalue weighted by atomic mass is 10.3. The molecule has 12 heavy (non-hydrogen) atoms. The molecule has 0 amide bonds. The molecule has 4 heteroatoms. The van der Waals surface area contributed by atoms with E-state index in [1.54, 1.807) is 12.3 Å². The molecule has 1 N–H and O–H groups in total. The fourth-order valence-electron chi connectivity index (χ4n) is 0.747. The van der Waals surface area contributed by atoms with Crippen LogP contribution in [0.3, 0.4) is 0 Å². The Kier molecular flexibility index (Phi) is 3.73. The number of hydrogen-bond acceptors (Lipinski definition) is 2. The van der Waals surface area contributed by atoms with Gasteiger partial charge in [0.05, 0.1) is 11.9 Å². The Morgan fingerprint density at radius 1 is 1.67 bits per heavy atom. The Morgan fingerprint density at radius 3 is 3.17 bits per heavy atom. The van der Waals surface area contributed by atoms with Gasteiger partial charge in [0, 0.05) is 11.5 Å². The average Bonchev–Trinajstić information content (AvgIpc) is 2.09. The number of hydrogen-bond donors (Lipinski definition) is 1. The van der Waals surface area contributed by atoms with Crippen LogP contribution in [0.5, 0.6) is 0 Å². The Balaban J connectivity index is 2.76. The molecular formula is C8H9BrN2O. The number of H-pyrrole nitrogens is 1. The van der Waals surface area contributed by atoms with Crippen LogP contribution in [0.2, 0.25) is 0 Å². The van der Waals surface area contributed by atoms with Crippen LogP contribution >= 0.6 is 15.9 Å². The van der Waals surface area contributed by atoms with Crippen molar-refractivity contribution >= 4 is 22.0 Å². The molecule has 0 aliphatic heterocycles. The summed E-state index contributed by atoms with van der Waals surface area (Å²) in [5.41, 5.74) is 0.495. The number of halogens is 1. The van der Waals surface area contributed by atoms with E-state index in [9.17, 15) is 4.79 Å². The highest BCUT2D eigenvalue weighted by Crippen LogP contribution is 1.95. The van der Waals surface area contributed by atoms with Crippen molar-refractivity contribution in [3.63, 3.8) is 0 Å². The smallest absolute Gasteiger partial charge is 0.257 e. The lowest BCUT2D eigenvalue weighted by Gasteiger charge is -1.88. The van der Waals surface area contributed by atoms with Crippen molar-refractivity contribution in [2.45, 2.75) is 6.42 Å². The Labute approximate surface area is 78.7 Å². The van der Waals surface area contributed by atoms with Crippen LogP contribution in [0.1, 0.15) is 12.0 Å². The fraction of sp³-hybridized carbons (Fsp3) is 0.250. The molecule has 1 aromatic heterocycles. The minimum absolute atomic E-state index is 0.101. The molecule has 0 saturated carbocycles. The number of aromatic nitrogens is 2. The number of nitrogens with one attached hydrogen (secondary N) is 1. The molecule has 0 spiro atoms. The van der Waals surface area contributed by atoms with Crippen molar-refractivity contribution in [2.24, 2.45) is 0 Å². The molecule has 0 radical (unpaired) electrons. The predicted octanol–water partition coefficient (Wildman–Crippen LogP) is 1.57. The van der Waals surface area contributed by atoms with Gasteiger partial charge in [-0.05, 0) is 6.42 Å². The summed E-state index contributed by atoms with van der Waals surface area (Å²) in [5, 5.41) is 0.904. The molecule has 0 atom stereocenters. The minimum Gasteiger partial charge on any atom is -0.313 e. The molecule has 0 aliphatic carbocycles. The Morgan fingerprint density at radius 2 is 2.50 bits per heavy atom. The van der Waals surface area contributed by atoms with Crippen molar-refractivity contribution in [3.8, 4) is 0 Å². The monoisotopic (exact) mass is 228 g/mol. The molecule has 1 aromatic rings. The van der Waals surface area contributed by atoms with Gasteiger partial charge >= 0.3 is 0 Å². The van der Waals surface area contributed by atoms with E-state index in [1.807, 2.05) is 6.08 Å². The predicted molar refractivity (Wildman–Crippen MR) is 52.3 cm³/mol. The van der Waals surface area contributed by atoms with E-state index >= 15 is 0 Å². The molecule has 1 heterocycles. The largest absolute Gasteiger partial charge is 0.313 e. The van der Waals surface area contributed by atoms with E-state index in [4.69, 9.17) is 0 Å². The molecule has 0 saturated heterocycles. The van der Waals surface area contributed by atoms with Gasteiger partial charge in [0.1, 0.15) is 0 Å². The average molecular weight is 229 g/mol. The van der Waals surface area contributed by atoms with Gasteiger partial charge in [-0.3, -0.25) is 4.79 Å². The number of aromatic amines is 1. The first kappa shape index (κ1) is 9.19. The second-order valence-electron chi connectivity index (χ2n) is 2.22. The Hall–Kier alpha value is -0.900. The fourth-order valence-corrected chi connectivity index (χ4v) is 1.01. The summed E-state index contributed by atoms with van der Waals surface area (Å²) >= 11 is 3.29. The van der Waals surface area contributed by atoms with Crippen LogP contribution in [0.4, 0.5) is 0 Å². The first-order chi connectivity index (χ1) is 5.84. The standard InChI is InChI=1S/C8H9BrN2O/c9-4-2-1-3-7-5-10-6-11-8(7)12/h1,3,5-6H,2,4H2,(H,10,11,12). The third-order valence-corrected chi connectivity index (χ3v) is 1.78. The van der Waals surface area contributed by atoms with Crippen LogP contribution in [0.15, 0.2) is 23.4 Å². The molecule has 1 rings (SSSR count). The molecule has 0 aliphatic rings. The lowest BCUT2D eigenvalue weighted by Crippen LogP contribution is -2.08. The van der Waals surface area contributed by atoms with Crippen LogP contribution in [-0.4, -0.2) is 15.3 Å². The number of allylic oxidation sites excluding steroid dienone is 1. The van der Waals surface area contributed by atoms with E-state index in [2.05, 4.69) is 25.9 Å². The van der Waals surface area contributed by atoms with Gasteiger partial charge in [0.2, 0.25) is 0 Å². The van der Waals surface area contributed by atoms with E-state index < -0.39 is 0 Å². The van der Waals surface area contributed by atoms with E-state index in [-0.39, 0.29) is 5.56 Å². The summed E-state index contributed by atoms with van der Waals surface area (Å²) in [7, 11) is 0. The summed E-state index contributed by atoms with van der Waals surface area (Å²) in [6.07, 6.45) is 7.54. The van der Waals surface area contributed by atoms with Gasteiger partial charge in [0.25, 0.3) is 5.56 Å². The van der Waals surface area contributed by atoms with Gasteiger partial charge in [0.15, 0.2) is 0 Å². The lowest BCUT2D eigenvalue weighted by molar-refractivity contribution is 1.11. The number of alkyl halides is 1. The maximum Gasteiger partial charge on any atom is 0.257 e. The first-order valence-electron chi connectivity index (χ1n) is 3.60. The van der Waals surface area contributed by atoms with Crippen LogP contribution in [-0.2, 0) is 0 Å². The highest BCUT2D eigenvalue weighted by atomic mass is 79.9. The highest BCUT2D eigenvalue weighted by Gasteiger charge is 1.90. The summed E-state index contributed by atoms with van der Waals surface area (Å²) in [6.45, 7) is 0. The summed E-state index contributed by atoms with van der Waals surface area (Å²) in [4.78, 5) is 17.4. The van der Waals surface area contributed by atoms with Gasteiger partial charge in [-0.2, -0.15) is 0 Å². The molecule has 0 fully saturated rings. The molecule has 0 aromatic carbocycles. The summed E-state index contributed by atoms with van der Waals surface area (Å²) in [6, 6.07) is 0. The normalized spacial score (nSPS) is 10.8. The summed E-state index contributed by atoms with van der Waals surface area (Å²) < 4.78 is 0. The van der Waals surface area contributed by atoms with E-state index in [0.717, 1.165) is 11.8 Å². The SMILES string of the molecule is O=c1[nH]cncc1C=CCCBr. The zero-order valence-corrected chi connectivity index (χ0v) is 8.04.